The standard InChI is InChI=1S/C9H10N2O4S/c1-5-7(11(14)15)2-8(16-5)9(13)10-3-6(12)4-10/h2,6,12H,3-4H2,1H3. The number of rotatable bonds is 2. The molecule has 0 aromatic carbocycles. The van der Waals surface area contributed by atoms with Gasteiger partial charge in [0, 0.05) is 19.2 Å². The highest BCUT2D eigenvalue weighted by Crippen LogP contribution is 2.29. The second-order valence-corrected chi connectivity index (χ2v) is 4.93. The Balaban J connectivity index is 2.18. The molecule has 1 saturated heterocycles. The maximum absolute atomic E-state index is 11.8. The van der Waals surface area contributed by atoms with Gasteiger partial charge in [-0.25, -0.2) is 0 Å². The van der Waals surface area contributed by atoms with E-state index in [0.29, 0.717) is 22.8 Å². The van der Waals surface area contributed by atoms with Gasteiger partial charge in [-0.1, -0.05) is 0 Å². The Morgan fingerprint density at radius 3 is 2.75 bits per heavy atom. The molecule has 1 aromatic heterocycles. The predicted octanol–water partition coefficient (Wildman–Crippen LogP) is 0.781. The van der Waals surface area contributed by atoms with Crippen molar-refractivity contribution in [2.75, 3.05) is 13.1 Å². The van der Waals surface area contributed by atoms with Crippen LogP contribution in [0.3, 0.4) is 0 Å². The first-order valence-electron chi connectivity index (χ1n) is 4.71. The second-order valence-electron chi connectivity index (χ2n) is 3.67. The van der Waals surface area contributed by atoms with Gasteiger partial charge in [-0.3, -0.25) is 14.9 Å². The van der Waals surface area contributed by atoms with Gasteiger partial charge in [0.25, 0.3) is 11.6 Å². The van der Waals surface area contributed by atoms with E-state index in [9.17, 15) is 14.9 Å². The van der Waals surface area contributed by atoms with E-state index in [1.54, 1.807) is 6.92 Å². The summed E-state index contributed by atoms with van der Waals surface area (Å²) < 4.78 is 0. The minimum atomic E-state index is -0.492. The van der Waals surface area contributed by atoms with Gasteiger partial charge in [0.05, 0.1) is 20.8 Å². The maximum Gasteiger partial charge on any atom is 0.283 e. The summed E-state index contributed by atoms with van der Waals surface area (Å²) in [7, 11) is 0. The lowest BCUT2D eigenvalue weighted by Gasteiger charge is -2.35. The summed E-state index contributed by atoms with van der Waals surface area (Å²) in [5, 5.41) is 19.7. The van der Waals surface area contributed by atoms with E-state index in [0.717, 1.165) is 11.3 Å². The zero-order valence-corrected chi connectivity index (χ0v) is 9.36. The summed E-state index contributed by atoms with van der Waals surface area (Å²) in [6, 6.07) is 1.30. The zero-order chi connectivity index (χ0) is 11.9. The van der Waals surface area contributed by atoms with Crippen molar-refractivity contribution >= 4 is 22.9 Å². The number of aliphatic hydroxyl groups is 1. The van der Waals surface area contributed by atoms with Gasteiger partial charge in [0.2, 0.25) is 0 Å². The van der Waals surface area contributed by atoms with Crippen LogP contribution in [0.25, 0.3) is 0 Å². The zero-order valence-electron chi connectivity index (χ0n) is 8.54. The van der Waals surface area contributed by atoms with Gasteiger partial charge in [0.15, 0.2) is 0 Å². The van der Waals surface area contributed by atoms with Gasteiger partial charge >= 0.3 is 0 Å². The molecule has 0 bridgehead atoms. The highest BCUT2D eigenvalue weighted by Gasteiger charge is 2.31. The van der Waals surface area contributed by atoms with Crippen LogP contribution < -0.4 is 0 Å². The molecule has 1 fully saturated rings. The number of nitro groups is 1. The largest absolute Gasteiger partial charge is 0.389 e. The first-order chi connectivity index (χ1) is 7.49. The number of carbonyl (C=O) groups excluding carboxylic acids is 1. The van der Waals surface area contributed by atoms with Crippen molar-refractivity contribution in [3.63, 3.8) is 0 Å². The summed E-state index contributed by atoms with van der Waals surface area (Å²) in [4.78, 5) is 24.2. The number of β-amino-alcohol motifs (C(OH)–C–C–N with tert-alkyl or cyclic N) is 1. The number of aliphatic hydroxyl groups excluding tert-OH is 1. The van der Waals surface area contributed by atoms with Gasteiger partial charge in [-0.2, -0.15) is 0 Å². The lowest BCUT2D eigenvalue weighted by Crippen LogP contribution is -2.53. The molecule has 1 aliphatic rings. The Hall–Kier alpha value is -1.47. The normalized spacial score (nSPS) is 16.0. The van der Waals surface area contributed by atoms with E-state index < -0.39 is 11.0 Å². The van der Waals surface area contributed by atoms with Crippen molar-refractivity contribution in [1.82, 2.24) is 4.90 Å². The molecule has 1 aromatic rings. The van der Waals surface area contributed by atoms with Crippen molar-refractivity contribution in [3.05, 3.63) is 25.9 Å². The molecular formula is C9H10N2O4S. The van der Waals surface area contributed by atoms with Crippen molar-refractivity contribution in [2.45, 2.75) is 13.0 Å². The monoisotopic (exact) mass is 242 g/mol. The third-order valence-corrected chi connectivity index (χ3v) is 3.48. The number of nitrogens with zero attached hydrogens (tertiary/aromatic N) is 2. The van der Waals surface area contributed by atoms with Crippen LogP contribution in [0.2, 0.25) is 0 Å². The summed E-state index contributed by atoms with van der Waals surface area (Å²) in [5.74, 6) is -0.244. The van der Waals surface area contributed by atoms with Crippen LogP contribution in [0.5, 0.6) is 0 Å². The summed E-state index contributed by atoms with van der Waals surface area (Å²) in [6.45, 7) is 2.23. The smallest absolute Gasteiger partial charge is 0.283 e. The number of aryl methyl sites for hydroxylation is 1. The SMILES string of the molecule is Cc1sc(C(=O)N2CC(O)C2)cc1[N+](=O)[O-]. The molecule has 2 rings (SSSR count). The van der Waals surface area contributed by atoms with Crippen LogP contribution in [0.4, 0.5) is 5.69 Å². The molecular weight excluding hydrogens is 232 g/mol. The minimum Gasteiger partial charge on any atom is -0.389 e. The van der Waals surface area contributed by atoms with Crippen molar-refractivity contribution in [3.8, 4) is 0 Å². The van der Waals surface area contributed by atoms with E-state index in [1.807, 2.05) is 0 Å². The van der Waals surface area contributed by atoms with Crippen LogP contribution in [-0.4, -0.2) is 40.0 Å². The average molecular weight is 242 g/mol. The van der Waals surface area contributed by atoms with Crippen molar-refractivity contribution in [2.24, 2.45) is 0 Å². The van der Waals surface area contributed by atoms with Gasteiger partial charge in [-0.15, -0.1) is 11.3 Å². The highest BCUT2D eigenvalue weighted by atomic mass is 32.1. The molecule has 86 valence electrons. The fourth-order valence-corrected chi connectivity index (χ4v) is 2.49. The number of hydrogen-bond acceptors (Lipinski definition) is 5. The molecule has 2 heterocycles. The number of carbonyl (C=O) groups is 1. The lowest BCUT2D eigenvalue weighted by atomic mass is 10.1. The second kappa shape index (κ2) is 3.84. The Kier molecular flexibility index (Phi) is 2.64. The number of hydrogen-bond donors (Lipinski definition) is 1. The van der Waals surface area contributed by atoms with E-state index in [1.165, 1.54) is 11.0 Å². The molecule has 1 amide bonds. The Morgan fingerprint density at radius 2 is 2.31 bits per heavy atom. The van der Waals surface area contributed by atoms with Gasteiger partial charge < -0.3 is 10.0 Å². The Morgan fingerprint density at radius 1 is 1.69 bits per heavy atom. The molecule has 1 aliphatic heterocycles. The quantitative estimate of drug-likeness (QED) is 0.613. The average Bonchev–Trinajstić information content (AvgIpc) is 2.54. The molecule has 0 unspecified atom stereocenters. The van der Waals surface area contributed by atoms with E-state index in [-0.39, 0.29) is 11.6 Å². The van der Waals surface area contributed by atoms with Crippen LogP contribution >= 0.6 is 11.3 Å². The molecule has 0 aliphatic carbocycles. The minimum absolute atomic E-state index is 0.0191. The molecule has 7 heteroatoms. The first kappa shape index (κ1) is 11.0. The van der Waals surface area contributed by atoms with E-state index in [4.69, 9.17) is 5.11 Å². The summed E-state index contributed by atoms with van der Waals surface area (Å²) >= 11 is 1.12. The first-order valence-corrected chi connectivity index (χ1v) is 5.53. The molecule has 0 atom stereocenters. The van der Waals surface area contributed by atoms with Crippen molar-refractivity contribution < 1.29 is 14.8 Å². The molecule has 1 N–H and O–H groups in total. The molecule has 0 saturated carbocycles. The van der Waals surface area contributed by atoms with Crippen LogP contribution in [-0.2, 0) is 0 Å². The molecule has 6 nitrogen and oxygen atoms in total. The molecule has 0 radical (unpaired) electrons. The lowest BCUT2D eigenvalue weighted by molar-refractivity contribution is -0.385. The number of likely N-dealkylation sites (tertiary alicyclic amines) is 1. The Labute approximate surface area is 95.3 Å². The molecule has 16 heavy (non-hydrogen) atoms. The summed E-state index contributed by atoms with van der Waals surface area (Å²) in [5.41, 5.74) is -0.0191. The van der Waals surface area contributed by atoms with Gasteiger partial charge in [-0.05, 0) is 6.92 Å². The van der Waals surface area contributed by atoms with Crippen LogP contribution in [0, 0.1) is 17.0 Å². The van der Waals surface area contributed by atoms with Gasteiger partial charge in [0.1, 0.15) is 0 Å². The number of amides is 1. The maximum atomic E-state index is 11.8. The summed E-state index contributed by atoms with van der Waals surface area (Å²) in [6.07, 6.45) is -0.458. The fraction of sp³-hybridized carbons (Fsp3) is 0.444. The Bertz CT molecular complexity index is 450. The third-order valence-electron chi connectivity index (χ3n) is 2.45. The van der Waals surface area contributed by atoms with Crippen LogP contribution in [0.15, 0.2) is 6.07 Å². The van der Waals surface area contributed by atoms with Crippen LogP contribution in [0.1, 0.15) is 14.5 Å². The van der Waals surface area contributed by atoms with E-state index >= 15 is 0 Å². The highest BCUT2D eigenvalue weighted by molar-refractivity contribution is 7.14. The van der Waals surface area contributed by atoms with Crippen molar-refractivity contribution in [1.29, 1.82) is 0 Å². The number of thiophene rings is 1. The third kappa shape index (κ3) is 1.79. The predicted molar refractivity (Wildman–Crippen MR) is 57.6 cm³/mol. The molecule has 0 spiro atoms. The fourth-order valence-electron chi connectivity index (χ4n) is 1.54. The van der Waals surface area contributed by atoms with E-state index in [2.05, 4.69) is 0 Å². The topological polar surface area (TPSA) is 83.7 Å².